The molecule has 248 valence electrons. The summed E-state index contributed by atoms with van der Waals surface area (Å²) >= 11 is 1.61. The summed E-state index contributed by atoms with van der Waals surface area (Å²) in [7, 11) is 2.19. The lowest BCUT2D eigenvalue weighted by Gasteiger charge is -2.34. The van der Waals surface area contributed by atoms with Crippen LogP contribution >= 0.6 is 11.3 Å². The Hall–Kier alpha value is -3.01. The molecule has 0 atom stereocenters. The number of carbonyl (C=O) groups is 3. The van der Waals surface area contributed by atoms with Crippen molar-refractivity contribution in [1.29, 1.82) is 0 Å². The zero-order chi connectivity index (χ0) is 32.7. The Kier molecular flexibility index (Phi) is 9.47. The summed E-state index contributed by atoms with van der Waals surface area (Å²) < 4.78 is 0. The smallest absolute Gasteiger partial charge is 0.234 e. The van der Waals surface area contributed by atoms with Gasteiger partial charge in [-0.15, -0.1) is 11.3 Å². The first-order chi connectivity index (χ1) is 21.9. The number of benzene rings is 1. The van der Waals surface area contributed by atoms with Crippen LogP contribution in [-0.2, 0) is 15.0 Å². The molecule has 1 aromatic carbocycles. The van der Waals surface area contributed by atoms with Crippen molar-refractivity contribution < 1.29 is 14.4 Å². The third-order valence-electron chi connectivity index (χ3n) is 10.7. The van der Waals surface area contributed by atoms with E-state index in [1.807, 2.05) is 13.8 Å². The lowest BCUT2D eigenvalue weighted by molar-refractivity contribution is -0.137. The van der Waals surface area contributed by atoms with Crippen molar-refractivity contribution in [1.82, 2.24) is 25.0 Å². The molecule has 2 amide bonds. The van der Waals surface area contributed by atoms with Crippen LogP contribution in [0.1, 0.15) is 85.7 Å². The summed E-state index contributed by atoms with van der Waals surface area (Å²) in [5, 5.41) is 3.80. The number of piperidine rings is 1. The van der Waals surface area contributed by atoms with Crippen molar-refractivity contribution in [3.8, 4) is 11.3 Å². The molecule has 4 aliphatic rings. The molecule has 2 N–H and O–H groups in total. The van der Waals surface area contributed by atoms with E-state index < -0.39 is 5.41 Å². The van der Waals surface area contributed by atoms with Gasteiger partial charge in [0.2, 0.25) is 11.8 Å². The van der Waals surface area contributed by atoms with E-state index in [9.17, 15) is 14.4 Å². The second-order valence-corrected chi connectivity index (χ2v) is 15.8. The predicted molar refractivity (Wildman–Crippen MR) is 187 cm³/mol. The molecule has 0 saturated carbocycles. The zero-order valence-corrected chi connectivity index (χ0v) is 29.3. The largest absolute Gasteiger partial charge is 0.354 e. The topological polar surface area (TPSA) is 88.8 Å². The van der Waals surface area contributed by atoms with Gasteiger partial charge in [0.25, 0.3) is 0 Å². The number of aryl methyl sites for hydroxylation is 2. The third kappa shape index (κ3) is 6.69. The summed E-state index contributed by atoms with van der Waals surface area (Å²) in [4.78, 5) is 49.8. The zero-order valence-electron chi connectivity index (χ0n) is 28.5. The number of aromatic nitrogens is 1. The maximum absolute atomic E-state index is 13.6. The molecule has 0 aliphatic carbocycles. The number of fused-ring (bicyclic) bond motifs is 3. The van der Waals surface area contributed by atoms with E-state index in [2.05, 4.69) is 70.2 Å². The van der Waals surface area contributed by atoms with Crippen molar-refractivity contribution >= 4 is 39.2 Å². The SMILES string of the molecule is CC(=O)c1c(-c2cc(C)cc(C)c2)[nH]c2sc(C(C)(C)C(=O)N3C4CCC3CC4)cc12.CN1CCC(CN2CCNC(=O)C2)CC1. The number of carbonyl (C=O) groups excluding carboxylic acids is 3. The summed E-state index contributed by atoms with van der Waals surface area (Å²) in [5.74, 6) is 1.27. The summed E-state index contributed by atoms with van der Waals surface area (Å²) in [6, 6.07) is 9.30. The lowest BCUT2D eigenvalue weighted by Crippen LogP contribution is -2.49. The van der Waals surface area contributed by atoms with Gasteiger partial charge in [0.1, 0.15) is 4.83 Å². The van der Waals surface area contributed by atoms with Crippen LogP contribution in [0, 0.1) is 19.8 Å². The fraction of sp³-hybridized carbons (Fsp3) is 0.595. The summed E-state index contributed by atoms with van der Waals surface area (Å²) in [5.41, 5.74) is 4.41. The van der Waals surface area contributed by atoms with E-state index in [-0.39, 0.29) is 17.6 Å². The highest BCUT2D eigenvalue weighted by molar-refractivity contribution is 7.19. The average Bonchev–Trinajstić information content (AvgIpc) is 3.78. The number of H-pyrrole nitrogens is 1. The van der Waals surface area contributed by atoms with Gasteiger partial charge in [-0.2, -0.15) is 0 Å². The predicted octanol–water partition coefficient (Wildman–Crippen LogP) is 5.91. The number of hydrogen-bond donors (Lipinski definition) is 2. The van der Waals surface area contributed by atoms with Crippen LogP contribution < -0.4 is 5.32 Å². The average molecular weight is 646 g/mol. The molecular formula is C37H51N5O3S. The maximum atomic E-state index is 13.6. The first kappa shape index (κ1) is 32.9. The van der Waals surface area contributed by atoms with Crippen molar-refractivity contribution in [2.45, 2.75) is 90.6 Å². The molecule has 7 rings (SSSR count). The van der Waals surface area contributed by atoms with E-state index in [1.165, 1.54) is 37.1 Å². The van der Waals surface area contributed by atoms with Crippen LogP contribution in [-0.4, -0.2) is 95.7 Å². The number of piperazine rings is 1. The van der Waals surface area contributed by atoms with Crippen molar-refractivity contribution in [3.63, 3.8) is 0 Å². The molecule has 0 radical (unpaired) electrons. The third-order valence-corrected chi connectivity index (χ3v) is 12.0. The van der Waals surface area contributed by atoms with Crippen LogP contribution in [0.3, 0.4) is 0 Å². The van der Waals surface area contributed by atoms with Gasteiger partial charge in [0.15, 0.2) is 5.78 Å². The van der Waals surface area contributed by atoms with Crippen LogP contribution in [0.15, 0.2) is 24.3 Å². The van der Waals surface area contributed by atoms with Gasteiger partial charge in [0.05, 0.1) is 23.2 Å². The number of ketones is 1. The highest BCUT2D eigenvalue weighted by atomic mass is 32.1. The molecule has 2 aromatic heterocycles. The van der Waals surface area contributed by atoms with E-state index in [4.69, 9.17) is 0 Å². The maximum Gasteiger partial charge on any atom is 0.234 e. The second-order valence-electron chi connectivity index (χ2n) is 14.8. The molecule has 8 nitrogen and oxygen atoms in total. The lowest BCUT2D eigenvalue weighted by atomic mass is 9.88. The molecule has 2 bridgehead atoms. The number of nitrogens with one attached hydrogen (secondary N) is 2. The van der Waals surface area contributed by atoms with Crippen LogP contribution in [0.2, 0.25) is 0 Å². The Balaban J connectivity index is 0.000000208. The second kappa shape index (κ2) is 13.2. The fourth-order valence-corrected chi connectivity index (χ4v) is 9.28. The van der Waals surface area contributed by atoms with Crippen molar-refractivity contribution in [3.05, 3.63) is 45.8 Å². The van der Waals surface area contributed by atoms with Gasteiger partial charge in [-0.1, -0.05) is 17.2 Å². The van der Waals surface area contributed by atoms with Gasteiger partial charge in [-0.25, -0.2) is 0 Å². The Morgan fingerprint density at radius 1 is 0.935 bits per heavy atom. The number of aromatic amines is 1. The van der Waals surface area contributed by atoms with Crippen LogP contribution in [0.5, 0.6) is 0 Å². The molecule has 4 fully saturated rings. The summed E-state index contributed by atoms with van der Waals surface area (Å²) in [6.07, 6.45) is 7.15. The molecular weight excluding hydrogens is 595 g/mol. The van der Waals surface area contributed by atoms with E-state index in [0.29, 0.717) is 18.6 Å². The standard InChI is InChI=1S/C26H30N2O2S.C11H21N3O/c1-14-10-15(2)12-17(11-14)23-22(16(3)29)20-13-21(31-24(20)27-23)26(4,5)25(30)28-18-6-7-19(28)9-8-18;1-13-5-2-10(3-6-13)8-14-7-4-12-11(15)9-14/h10-13,18-19,27H,6-9H2,1-5H3;10H,2-9H2,1H3,(H,12,15). The van der Waals surface area contributed by atoms with Gasteiger partial charge < -0.3 is 20.1 Å². The van der Waals surface area contributed by atoms with E-state index in [1.54, 1.807) is 18.3 Å². The van der Waals surface area contributed by atoms with Gasteiger partial charge in [-0.3, -0.25) is 19.3 Å². The molecule has 4 saturated heterocycles. The van der Waals surface area contributed by atoms with E-state index in [0.717, 1.165) is 83.2 Å². The number of nitrogens with zero attached hydrogens (tertiary/aromatic N) is 3. The van der Waals surface area contributed by atoms with E-state index >= 15 is 0 Å². The first-order valence-corrected chi connectivity index (χ1v) is 18.0. The van der Waals surface area contributed by atoms with Crippen molar-refractivity contribution in [2.24, 2.45) is 5.92 Å². The minimum absolute atomic E-state index is 0.0477. The Labute approximate surface area is 277 Å². The van der Waals surface area contributed by atoms with Crippen LogP contribution in [0.25, 0.3) is 21.5 Å². The fourth-order valence-electron chi connectivity index (χ4n) is 8.12. The molecule has 0 spiro atoms. The number of Topliss-reactive ketones (excluding diaryl/α,β-unsaturated/α-hetero) is 1. The normalized spacial score (nSPS) is 22.7. The van der Waals surface area contributed by atoms with Gasteiger partial charge in [0, 0.05) is 42.0 Å². The molecule has 46 heavy (non-hydrogen) atoms. The monoisotopic (exact) mass is 645 g/mol. The van der Waals surface area contributed by atoms with Crippen molar-refractivity contribution in [2.75, 3.05) is 46.3 Å². The molecule has 9 heteroatoms. The number of rotatable bonds is 6. The highest BCUT2D eigenvalue weighted by Gasteiger charge is 2.47. The Morgan fingerprint density at radius 3 is 2.15 bits per heavy atom. The minimum atomic E-state index is -0.593. The number of likely N-dealkylation sites (tertiary alicyclic amines) is 1. The van der Waals surface area contributed by atoms with Crippen LogP contribution in [0.4, 0.5) is 0 Å². The first-order valence-electron chi connectivity index (χ1n) is 17.2. The highest BCUT2D eigenvalue weighted by Crippen LogP contribution is 2.44. The van der Waals surface area contributed by atoms with Gasteiger partial charge in [-0.05, 0) is 123 Å². The Morgan fingerprint density at radius 2 is 1.57 bits per heavy atom. The quantitative estimate of drug-likeness (QED) is 0.326. The molecule has 0 unspecified atom stereocenters. The Bertz CT molecular complexity index is 1570. The number of amides is 2. The molecule has 3 aromatic rings. The molecule has 6 heterocycles. The number of hydrogen-bond acceptors (Lipinski definition) is 6. The summed E-state index contributed by atoms with van der Waals surface area (Å²) in [6.45, 7) is 15.9. The minimum Gasteiger partial charge on any atom is -0.354 e. The molecule has 4 aliphatic heterocycles. The number of thiophene rings is 1. The van der Waals surface area contributed by atoms with Gasteiger partial charge >= 0.3 is 0 Å².